The van der Waals surface area contributed by atoms with Crippen LogP contribution >= 0.6 is 0 Å². The van der Waals surface area contributed by atoms with E-state index in [1.165, 1.54) is 32.3 Å². The molecule has 10 aromatic rings. The van der Waals surface area contributed by atoms with Gasteiger partial charge in [-0.3, -0.25) is 0 Å². The predicted molar refractivity (Wildman–Crippen MR) is 200 cm³/mol. The molecule has 0 saturated heterocycles. The summed E-state index contributed by atoms with van der Waals surface area (Å²) in [5.41, 5.74) is 7.86. The van der Waals surface area contributed by atoms with Crippen LogP contribution in [0.2, 0.25) is 0 Å². The fraction of sp³-hybridized carbons (Fsp3) is 0. The van der Waals surface area contributed by atoms with E-state index in [2.05, 4.69) is 108 Å². The Balaban J connectivity index is 1.03. The van der Waals surface area contributed by atoms with Crippen LogP contribution in [0.15, 0.2) is 173 Å². The molecule has 0 unspecified atom stereocenters. The fourth-order valence-electron chi connectivity index (χ4n) is 7.00. The van der Waals surface area contributed by atoms with Gasteiger partial charge in [0.05, 0.1) is 0 Å². The number of aromatic nitrogens is 2. The molecule has 230 valence electrons. The smallest absolute Gasteiger partial charge is 0.227 e. The fourth-order valence-corrected chi connectivity index (χ4v) is 7.00. The molecule has 49 heavy (non-hydrogen) atoms. The molecule has 10 rings (SSSR count). The zero-order valence-corrected chi connectivity index (χ0v) is 26.2. The van der Waals surface area contributed by atoms with Gasteiger partial charge in [-0.25, -0.2) is 9.97 Å². The summed E-state index contributed by atoms with van der Waals surface area (Å²) in [5.74, 6) is 1.11. The van der Waals surface area contributed by atoms with E-state index in [-0.39, 0.29) is 0 Å². The summed E-state index contributed by atoms with van der Waals surface area (Å²) in [4.78, 5) is 12.1. The Hall–Kier alpha value is -6.72. The Bertz CT molecular complexity index is 2760. The largest absolute Gasteiger partial charge is 0.436 e. The number of rotatable bonds is 5. The standard InChI is InChI=1S/C44H27N3O2/c1-3-11-30(12-4-1)47(31-13-5-2-6-14-31)32-21-24-42-40(27-32)46-44(49-42)29-20-23-41-39(26-29)45-43(48-41)28-19-22-37-35-17-8-7-15-33(35)34-16-9-10-18-36(34)38(37)25-28/h1-27H. The lowest BCUT2D eigenvalue weighted by atomic mass is 9.93. The van der Waals surface area contributed by atoms with E-state index in [9.17, 15) is 0 Å². The third kappa shape index (κ3) is 4.55. The van der Waals surface area contributed by atoms with E-state index in [0.717, 1.165) is 44.8 Å². The van der Waals surface area contributed by atoms with Crippen LogP contribution in [0.3, 0.4) is 0 Å². The molecule has 2 heterocycles. The summed E-state index contributed by atoms with van der Waals surface area (Å²) < 4.78 is 12.6. The molecular formula is C44H27N3O2. The first-order valence-corrected chi connectivity index (χ1v) is 16.3. The monoisotopic (exact) mass is 629 g/mol. The maximum absolute atomic E-state index is 6.31. The van der Waals surface area contributed by atoms with E-state index in [1.807, 2.05) is 60.7 Å². The molecule has 0 saturated carbocycles. The van der Waals surface area contributed by atoms with Gasteiger partial charge >= 0.3 is 0 Å². The first-order chi connectivity index (χ1) is 24.3. The maximum atomic E-state index is 6.31. The molecule has 0 spiro atoms. The van der Waals surface area contributed by atoms with Crippen molar-refractivity contribution in [3.63, 3.8) is 0 Å². The molecule has 5 heteroatoms. The molecule has 0 amide bonds. The molecule has 0 radical (unpaired) electrons. The van der Waals surface area contributed by atoms with Crippen molar-refractivity contribution in [1.82, 2.24) is 9.97 Å². The summed E-state index contributed by atoms with van der Waals surface area (Å²) in [6, 6.07) is 56.4. The minimum atomic E-state index is 0.536. The van der Waals surface area contributed by atoms with E-state index in [1.54, 1.807) is 0 Å². The average molecular weight is 630 g/mol. The second kappa shape index (κ2) is 10.9. The lowest BCUT2D eigenvalue weighted by Gasteiger charge is -2.25. The van der Waals surface area contributed by atoms with Crippen LogP contribution in [-0.4, -0.2) is 9.97 Å². The van der Waals surface area contributed by atoms with Gasteiger partial charge in [0.2, 0.25) is 11.8 Å². The van der Waals surface area contributed by atoms with Crippen LogP contribution in [-0.2, 0) is 0 Å². The van der Waals surface area contributed by atoms with E-state index in [4.69, 9.17) is 18.8 Å². The first-order valence-electron chi connectivity index (χ1n) is 16.3. The number of nitrogens with zero attached hydrogens (tertiary/aromatic N) is 3. The number of oxazole rings is 2. The lowest BCUT2D eigenvalue weighted by molar-refractivity contribution is 0.618. The Morgan fingerprint density at radius 3 is 1.39 bits per heavy atom. The van der Waals surface area contributed by atoms with Gasteiger partial charge in [-0.2, -0.15) is 0 Å². The minimum Gasteiger partial charge on any atom is -0.436 e. The summed E-state index contributed by atoms with van der Waals surface area (Å²) in [5, 5.41) is 7.34. The topological polar surface area (TPSA) is 55.3 Å². The van der Waals surface area contributed by atoms with Gasteiger partial charge in [-0.15, -0.1) is 0 Å². The van der Waals surface area contributed by atoms with Crippen molar-refractivity contribution >= 4 is 71.6 Å². The van der Waals surface area contributed by atoms with Gasteiger partial charge in [0.1, 0.15) is 11.0 Å². The summed E-state index contributed by atoms with van der Waals surface area (Å²) in [7, 11) is 0. The average Bonchev–Trinajstić information content (AvgIpc) is 3.80. The third-order valence-corrected chi connectivity index (χ3v) is 9.28. The maximum Gasteiger partial charge on any atom is 0.227 e. The SMILES string of the molecule is c1ccc(N(c2ccccc2)c2ccc3oc(-c4ccc5oc(-c6ccc7c8ccccc8c8ccccc8c7c6)nc5c4)nc3c2)cc1. The zero-order chi connectivity index (χ0) is 32.3. The summed E-state index contributed by atoms with van der Waals surface area (Å²) in [6.45, 7) is 0. The molecule has 0 aliphatic heterocycles. The number of fused-ring (bicyclic) bond motifs is 8. The number of hydrogen-bond acceptors (Lipinski definition) is 5. The zero-order valence-electron chi connectivity index (χ0n) is 26.2. The number of anilines is 3. The third-order valence-electron chi connectivity index (χ3n) is 9.28. The molecule has 0 fully saturated rings. The van der Waals surface area contributed by atoms with Crippen LogP contribution in [0.4, 0.5) is 17.1 Å². The molecule has 8 aromatic carbocycles. The van der Waals surface area contributed by atoms with Gasteiger partial charge in [-0.1, -0.05) is 91.0 Å². The van der Waals surface area contributed by atoms with E-state index >= 15 is 0 Å². The number of para-hydroxylation sites is 2. The first kappa shape index (κ1) is 27.4. The molecule has 0 aliphatic rings. The quantitative estimate of drug-likeness (QED) is 0.177. The Labute approximate surface area is 281 Å². The minimum absolute atomic E-state index is 0.536. The molecule has 2 aromatic heterocycles. The van der Waals surface area contributed by atoms with Crippen LogP contribution < -0.4 is 4.90 Å². The molecular weight excluding hydrogens is 603 g/mol. The summed E-state index contributed by atoms with van der Waals surface area (Å²) in [6.07, 6.45) is 0. The van der Waals surface area contributed by atoms with E-state index < -0.39 is 0 Å². The number of benzene rings is 8. The van der Waals surface area contributed by atoms with Crippen molar-refractivity contribution in [1.29, 1.82) is 0 Å². The van der Waals surface area contributed by atoms with E-state index in [0.29, 0.717) is 17.4 Å². The highest BCUT2D eigenvalue weighted by Gasteiger charge is 2.17. The van der Waals surface area contributed by atoms with Crippen LogP contribution in [0.25, 0.3) is 77.4 Å². The van der Waals surface area contributed by atoms with Crippen molar-refractivity contribution in [3.8, 4) is 22.9 Å². The predicted octanol–water partition coefficient (Wildman–Crippen LogP) is 12.2. The highest BCUT2D eigenvalue weighted by molar-refractivity contribution is 6.25. The van der Waals surface area contributed by atoms with Crippen molar-refractivity contribution < 1.29 is 8.83 Å². The molecule has 5 nitrogen and oxygen atoms in total. The van der Waals surface area contributed by atoms with Crippen molar-refractivity contribution in [2.75, 3.05) is 4.90 Å². The van der Waals surface area contributed by atoms with Crippen LogP contribution in [0.5, 0.6) is 0 Å². The normalized spacial score (nSPS) is 11.7. The van der Waals surface area contributed by atoms with Crippen molar-refractivity contribution in [2.45, 2.75) is 0 Å². The second-order valence-corrected chi connectivity index (χ2v) is 12.2. The molecule has 0 aliphatic carbocycles. The van der Waals surface area contributed by atoms with Crippen molar-refractivity contribution in [3.05, 3.63) is 164 Å². The van der Waals surface area contributed by atoms with Crippen LogP contribution in [0.1, 0.15) is 0 Å². The van der Waals surface area contributed by atoms with Gasteiger partial charge in [0.15, 0.2) is 11.2 Å². The number of hydrogen-bond donors (Lipinski definition) is 0. The molecule has 0 bridgehead atoms. The molecule has 0 atom stereocenters. The lowest BCUT2D eigenvalue weighted by Crippen LogP contribution is -2.09. The Kier molecular flexibility index (Phi) is 6.11. The Morgan fingerprint density at radius 1 is 0.347 bits per heavy atom. The van der Waals surface area contributed by atoms with Gasteiger partial charge in [-0.05, 0) is 105 Å². The highest BCUT2D eigenvalue weighted by atomic mass is 16.4. The van der Waals surface area contributed by atoms with Gasteiger partial charge in [0.25, 0.3) is 0 Å². The highest BCUT2D eigenvalue weighted by Crippen LogP contribution is 2.39. The van der Waals surface area contributed by atoms with Gasteiger partial charge in [0, 0.05) is 28.2 Å². The van der Waals surface area contributed by atoms with Gasteiger partial charge < -0.3 is 13.7 Å². The molecule has 0 N–H and O–H groups in total. The van der Waals surface area contributed by atoms with Crippen LogP contribution in [0, 0.1) is 0 Å². The Morgan fingerprint density at radius 2 is 0.796 bits per heavy atom. The summed E-state index contributed by atoms with van der Waals surface area (Å²) >= 11 is 0. The second-order valence-electron chi connectivity index (χ2n) is 12.2. The van der Waals surface area contributed by atoms with Crippen molar-refractivity contribution in [2.24, 2.45) is 0 Å².